The SMILES string of the molecule is N.O=[N+]([O-])c1ccc2c(c1)CCN2. The van der Waals surface area contributed by atoms with Crippen LogP contribution in [0.3, 0.4) is 0 Å². The molecule has 0 saturated carbocycles. The van der Waals surface area contributed by atoms with E-state index in [-0.39, 0.29) is 16.8 Å². The van der Waals surface area contributed by atoms with Gasteiger partial charge in [0.05, 0.1) is 4.92 Å². The van der Waals surface area contributed by atoms with Crippen LogP contribution in [-0.4, -0.2) is 11.5 Å². The predicted molar refractivity (Wildman–Crippen MR) is 50.3 cm³/mol. The minimum atomic E-state index is -0.362. The molecular formula is C8H11N3O2. The summed E-state index contributed by atoms with van der Waals surface area (Å²) in [6.07, 6.45) is 0.886. The van der Waals surface area contributed by atoms with Gasteiger partial charge in [-0.25, -0.2) is 0 Å². The quantitative estimate of drug-likeness (QED) is 0.509. The Bertz CT molecular complexity index is 338. The van der Waals surface area contributed by atoms with Crippen LogP contribution in [0.5, 0.6) is 0 Å². The van der Waals surface area contributed by atoms with Crippen LogP contribution < -0.4 is 11.5 Å². The first-order valence-corrected chi connectivity index (χ1v) is 3.78. The Hall–Kier alpha value is -1.62. The average Bonchev–Trinajstić information content (AvgIpc) is 2.49. The van der Waals surface area contributed by atoms with Crippen LogP contribution in [0.25, 0.3) is 0 Å². The van der Waals surface area contributed by atoms with Gasteiger partial charge in [-0.1, -0.05) is 0 Å². The van der Waals surface area contributed by atoms with Gasteiger partial charge in [-0.15, -0.1) is 0 Å². The molecule has 0 fully saturated rings. The first-order valence-electron chi connectivity index (χ1n) is 3.78. The van der Waals surface area contributed by atoms with Crippen molar-refractivity contribution in [2.75, 3.05) is 11.9 Å². The van der Waals surface area contributed by atoms with E-state index >= 15 is 0 Å². The smallest absolute Gasteiger partial charge is 0.269 e. The number of nitrogens with one attached hydrogen (secondary N) is 1. The molecule has 0 aromatic heterocycles. The monoisotopic (exact) mass is 181 g/mol. The zero-order valence-corrected chi connectivity index (χ0v) is 7.12. The van der Waals surface area contributed by atoms with Crippen LogP contribution in [0, 0.1) is 10.1 Å². The zero-order chi connectivity index (χ0) is 8.55. The molecule has 0 bridgehead atoms. The molecule has 0 unspecified atom stereocenters. The fourth-order valence-electron chi connectivity index (χ4n) is 1.40. The second kappa shape index (κ2) is 3.40. The van der Waals surface area contributed by atoms with E-state index in [4.69, 9.17) is 0 Å². The number of hydrogen-bond donors (Lipinski definition) is 2. The van der Waals surface area contributed by atoms with Crippen molar-refractivity contribution in [1.82, 2.24) is 6.15 Å². The normalized spacial score (nSPS) is 12.6. The second-order valence-corrected chi connectivity index (χ2v) is 2.78. The summed E-state index contributed by atoms with van der Waals surface area (Å²) in [6, 6.07) is 4.92. The van der Waals surface area contributed by atoms with Gasteiger partial charge in [0.25, 0.3) is 5.69 Å². The lowest BCUT2D eigenvalue weighted by atomic mass is 10.1. The summed E-state index contributed by atoms with van der Waals surface area (Å²) < 4.78 is 0. The molecule has 1 aliphatic heterocycles. The number of nitro benzene ring substituents is 1. The van der Waals surface area contributed by atoms with Crippen molar-refractivity contribution < 1.29 is 4.92 Å². The molecule has 0 radical (unpaired) electrons. The van der Waals surface area contributed by atoms with Gasteiger partial charge in [0.2, 0.25) is 0 Å². The lowest BCUT2D eigenvalue weighted by Crippen LogP contribution is -1.90. The molecule has 70 valence electrons. The summed E-state index contributed by atoms with van der Waals surface area (Å²) in [5, 5.41) is 13.5. The lowest BCUT2D eigenvalue weighted by molar-refractivity contribution is -0.384. The molecule has 13 heavy (non-hydrogen) atoms. The molecule has 5 nitrogen and oxygen atoms in total. The van der Waals surface area contributed by atoms with Crippen LogP contribution in [0.15, 0.2) is 18.2 Å². The number of rotatable bonds is 1. The van der Waals surface area contributed by atoms with Crippen LogP contribution in [0.4, 0.5) is 11.4 Å². The maximum atomic E-state index is 10.4. The average molecular weight is 181 g/mol. The molecule has 0 amide bonds. The summed E-state index contributed by atoms with van der Waals surface area (Å²) >= 11 is 0. The standard InChI is InChI=1S/C8H8N2O2.H3N/c11-10(12)7-1-2-8-6(5-7)3-4-9-8;/h1-2,5,9H,3-4H2;1H3. The second-order valence-electron chi connectivity index (χ2n) is 2.78. The van der Waals surface area contributed by atoms with Crippen LogP contribution in [-0.2, 0) is 6.42 Å². The Kier molecular flexibility index (Phi) is 2.48. The molecule has 0 spiro atoms. The van der Waals surface area contributed by atoms with Crippen molar-refractivity contribution in [1.29, 1.82) is 0 Å². The van der Waals surface area contributed by atoms with Gasteiger partial charge >= 0.3 is 0 Å². The van der Waals surface area contributed by atoms with E-state index in [1.54, 1.807) is 12.1 Å². The first-order chi connectivity index (χ1) is 5.77. The van der Waals surface area contributed by atoms with Crippen molar-refractivity contribution in [2.24, 2.45) is 0 Å². The van der Waals surface area contributed by atoms with Crippen molar-refractivity contribution in [2.45, 2.75) is 6.42 Å². The summed E-state index contributed by atoms with van der Waals surface area (Å²) in [5.74, 6) is 0. The Morgan fingerprint density at radius 3 is 2.92 bits per heavy atom. The van der Waals surface area contributed by atoms with Crippen molar-refractivity contribution in [3.63, 3.8) is 0 Å². The molecular weight excluding hydrogens is 170 g/mol. The molecule has 0 atom stereocenters. The van der Waals surface area contributed by atoms with Gasteiger partial charge in [-0.05, 0) is 18.1 Å². The number of fused-ring (bicyclic) bond motifs is 1. The molecule has 1 heterocycles. The molecule has 1 aromatic carbocycles. The fraction of sp³-hybridized carbons (Fsp3) is 0.250. The van der Waals surface area contributed by atoms with Gasteiger partial charge in [-0.2, -0.15) is 0 Å². The van der Waals surface area contributed by atoms with Crippen LogP contribution in [0.1, 0.15) is 5.56 Å². The topological polar surface area (TPSA) is 90.2 Å². The molecule has 1 aromatic rings. The molecule has 1 aliphatic rings. The third-order valence-electron chi connectivity index (χ3n) is 2.01. The molecule has 0 saturated heterocycles. The van der Waals surface area contributed by atoms with Crippen molar-refractivity contribution >= 4 is 11.4 Å². The van der Waals surface area contributed by atoms with E-state index < -0.39 is 0 Å². The van der Waals surface area contributed by atoms with E-state index in [0.717, 1.165) is 24.2 Å². The highest BCUT2D eigenvalue weighted by molar-refractivity contribution is 5.59. The minimum absolute atomic E-state index is 0. The highest BCUT2D eigenvalue weighted by Crippen LogP contribution is 2.25. The molecule has 4 N–H and O–H groups in total. The van der Waals surface area contributed by atoms with Gasteiger partial charge in [0.15, 0.2) is 0 Å². The first kappa shape index (κ1) is 9.47. The predicted octanol–water partition coefficient (Wildman–Crippen LogP) is 1.72. The third-order valence-corrected chi connectivity index (χ3v) is 2.01. The highest BCUT2D eigenvalue weighted by Gasteiger charge is 2.13. The van der Waals surface area contributed by atoms with E-state index in [1.807, 2.05) is 0 Å². The number of hydrogen-bond acceptors (Lipinski definition) is 4. The maximum Gasteiger partial charge on any atom is 0.269 e. The summed E-state index contributed by atoms with van der Waals surface area (Å²) in [6.45, 7) is 0.885. The van der Waals surface area contributed by atoms with E-state index in [0.29, 0.717) is 0 Å². The lowest BCUT2D eigenvalue weighted by Gasteiger charge is -1.97. The van der Waals surface area contributed by atoms with E-state index in [1.165, 1.54) is 6.07 Å². The Morgan fingerprint density at radius 1 is 1.46 bits per heavy atom. The van der Waals surface area contributed by atoms with Crippen molar-refractivity contribution in [3.05, 3.63) is 33.9 Å². The molecule has 2 rings (SSSR count). The fourth-order valence-corrected chi connectivity index (χ4v) is 1.40. The Balaban J connectivity index is 0.000000845. The van der Waals surface area contributed by atoms with E-state index in [2.05, 4.69) is 5.32 Å². The zero-order valence-electron chi connectivity index (χ0n) is 7.12. The van der Waals surface area contributed by atoms with Gasteiger partial charge in [0.1, 0.15) is 0 Å². The van der Waals surface area contributed by atoms with Gasteiger partial charge in [-0.3, -0.25) is 10.1 Å². The minimum Gasteiger partial charge on any atom is -0.384 e. The number of nitrogens with zero attached hydrogens (tertiary/aromatic N) is 1. The summed E-state index contributed by atoms with van der Waals surface area (Å²) in [5.41, 5.74) is 2.25. The van der Waals surface area contributed by atoms with Crippen molar-refractivity contribution in [3.8, 4) is 0 Å². The number of anilines is 1. The summed E-state index contributed by atoms with van der Waals surface area (Å²) in [4.78, 5) is 10.0. The number of benzene rings is 1. The largest absolute Gasteiger partial charge is 0.384 e. The summed E-state index contributed by atoms with van der Waals surface area (Å²) in [7, 11) is 0. The van der Waals surface area contributed by atoms with Crippen LogP contribution >= 0.6 is 0 Å². The molecule has 0 aliphatic carbocycles. The maximum absolute atomic E-state index is 10.4. The third kappa shape index (κ3) is 1.59. The number of nitro groups is 1. The molecule has 5 heteroatoms. The van der Waals surface area contributed by atoms with Gasteiger partial charge < -0.3 is 11.5 Å². The Morgan fingerprint density at radius 2 is 2.23 bits per heavy atom. The highest BCUT2D eigenvalue weighted by atomic mass is 16.6. The van der Waals surface area contributed by atoms with Gasteiger partial charge in [0, 0.05) is 24.4 Å². The van der Waals surface area contributed by atoms with E-state index in [9.17, 15) is 10.1 Å². The van der Waals surface area contributed by atoms with Crippen LogP contribution in [0.2, 0.25) is 0 Å². The Labute approximate surface area is 75.5 Å². The number of non-ortho nitro benzene ring substituents is 1.